The standard InChI is InChI=1S/C25H26Cl2N2O5/c1-23(2,3)29-19(31)15-9-8-14-16(17(15)20(29)32)11-24(26)21(33)28(4)22(34)25(24,27)18(14)12-6-5-7-13(30)10-12/h5-8,10,15-18,30H,9,11H2,1-4H3. The summed E-state index contributed by atoms with van der Waals surface area (Å²) in [5.74, 6) is -4.45. The van der Waals surface area contributed by atoms with Crippen molar-refractivity contribution >= 4 is 46.8 Å². The summed E-state index contributed by atoms with van der Waals surface area (Å²) in [6.45, 7) is 5.43. The van der Waals surface area contributed by atoms with Crippen LogP contribution in [0.25, 0.3) is 0 Å². The number of carbonyl (C=O) groups is 4. The second-order valence-electron chi connectivity index (χ2n) is 10.8. The minimum atomic E-state index is -1.83. The number of halogens is 2. The number of imide groups is 2. The molecule has 3 fully saturated rings. The Morgan fingerprint density at radius 3 is 2.32 bits per heavy atom. The largest absolute Gasteiger partial charge is 0.508 e. The van der Waals surface area contributed by atoms with Crippen molar-refractivity contribution in [1.29, 1.82) is 0 Å². The van der Waals surface area contributed by atoms with Gasteiger partial charge in [0, 0.05) is 18.5 Å². The Bertz CT molecular complexity index is 1190. The maximum absolute atomic E-state index is 13.6. The topological polar surface area (TPSA) is 95.0 Å². The number of likely N-dealkylation sites (tertiary alicyclic amines) is 2. The molecular formula is C25H26Cl2N2O5. The first kappa shape index (κ1) is 23.4. The molecule has 2 aliphatic heterocycles. The Labute approximate surface area is 207 Å². The Hall–Kier alpha value is -2.38. The van der Waals surface area contributed by atoms with Gasteiger partial charge in [-0.05, 0) is 57.2 Å². The monoisotopic (exact) mass is 504 g/mol. The van der Waals surface area contributed by atoms with Crippen molar-refractivity contribution < 1.29 is 24.3 Å². The fourth-order valence-corrected chi connectivity index (χ4v) is 7.50. The number of phenols is 1. The van der Waals surface area contributed by atoms with E-state index in [2.05, 4.69) is 0 Å². The summed E-state index contributed by atoms with van der Waals surface area (Å²) < 4.78 is 0. The molecule has 0 spiro atoms. The van der Waals surface area contributed by atoms with Crippen molar-refractivity contribution in [2.24, 2.45) is 17.8 Å². The summed E-state index contributed by atoms with van der Waals surface area (Å²) in [4.78, 5) is 52.3. The van der Waals surface area contributed by atoms with Crippen LogP contribution in [0.4, 0.5) is 0 Å². The lowest BCUT2D eigenvalue weighted by atomic mass is 9.56. The van der Waals surface area contributed by atoms with Gasteiger partial charge in [-0.25, -0.2) is 0 Å². The molecule has 1 aromatic carbocycles. The summed E-state index contributed by atoms with van der Waals surface area (Å²) >= 11 is 14.1. The van der Waals surface area contributed by atoms with Gasteiger partial charge in [-0.2, -0.15) is 0 Å². The summed E-state index contributed by atoms with van der Waals surface area (Å²) in [5.41, 5.74) is 0.543. The fraction of sp³-hybridized carbons (Fsp3) is 0.520. The molecule has 34 heavy (non-hydrogen) atoms. The van der Waals surface area contributed by atoms with Crippen LogP contribution in [0.15, 0.2) is 35.9 Å². The number of carbonyl (C=O) groups excluding carboxylic acids is 4. The van der Waals surface area contributed by atoms with Gasteiger partial charge in [-0.3, -0.25) is 29.0 Å². The zero-order valence-electron chi connectivity index (χ0n) is 19.3. The molecular weight excluding hydrogens is 479 g/mol. The van der Waals surface area contributed by atoms with Crippen molar-refractivity contribution in [3.05, 3.63) is 41.5 Å². The number of alkyl halides is 2. The van der Waals surface area contributed by atoms with E-state index in [0.717, 1.165) is 4.90 Å². The molecule has 4 aliphatic rings. The van der Waals surface area contributed by atoms with Crippen LogP contribution in [0.2, 0.25) is 0 Å². The van der Waals surface area contributed by atoms with Crippen LogP contribution in [0.1, 0.15) is 45.1 Å². The molecule has 1 N–H and O–H groups in total. The number of aromatic hydroxyl groups is 1. The number of hydrogen-bond acceptors (Lipinski definition) is 5. The molecule has 9 heteroatoms. The Balaban J connectivity index is 1.72. The van der Waals surface area contributed by atoms with Gasteiger partial charge < -0.3 is 5.11 Å². The molecule has 0 radical (unpaired) electrons. The Morgan fingerprint density at radius 1 is 1.03 bits per heavy atom. The molecule has 4 amide bonds. The lowest BCUT2D eigenvalue weighted by molar-refractivity contribution is -0.146. The summed E-state index contributed by atoms with van der Waals surface area (Å²) in [6, 6.07) is 6.35. The van der Waals surface area contributed by atoms with Gasteiger partial charge in [-0.15, -0.1) is 23.2 Å². The van der Waals surface area contributed by atoms with Crippen molar-refractivity contribution in [2.45, 2.75) is 54.8 Å². The van der Waals surface area contributed by atoms with E-state index in [0.29, 0.717) is 17.6 Å². The van der Waals surface area contributed by atoms with Crippen LogP contribution >= 0.6 is 23.2 Å². The average Bonchev–Trinajstić information content (AvgIpc) is 3.09. The number of amides is 4. The second kappa shape index (κ2) is 7.08. The molecule has 6 unspecified atom stereocenters. The van der Waals surface area contributed by atoms with Gasteiger partial charge in [0.25, 0.3) is 11.8 Å². The predicted molar refractivity (Wildman–Crippen MR) is 125 cm³/mol. The van der Waals surface area contributed by atoms with Gasteiger partial charge in [0.15, 0.2) is 9.75 Å². The number of rotatable bonds is 1. The van der Waals surface area contributed by atoms with Gasteiger partial charge in [0.2, 0.25) is 11.8 Å². The molecule has 2 saturated heterocycles. The number of benzene rings is 1. The van der Waals surface area contributed by atoms with E-state index < -0.39 is 50.8 Å². The number of hydrogen-bond donors (Lipinski definition) is 1. The van der Waals surface area contributed by atoms with Crippen LogP contribution in [-0.2, 0) is 19.2 Å². The zero-order valence-corrected chi connectivity index (χ0v) is 20.9. The first-order valence-corrected chi connectivity index (χ1v) is 12.1. The minimum absolute atomic E-state index is 0.0227. The third-order valence-electron chi connectivity index (χ3n) is 7.89. The van der Waals surface area contributed by atoms with Crippen molar-refractivity contribution in [3.8, 4) is 5.75 Å². The third kappa shape index (κ3) is 2.71. The minimum Gasteiger partial charge on any atom is -0.508 e. The fourth-order valence-electron chi connectivity index (χ4n) is 6.48. The maximum atomic E-state index is 13.6. The molecule has 2 heterocycles. The van der Waals surface area contributed by atoms with Gasteiger partial charge in [0.05, 0.1) is 11.8 Å². The summed E-state index contributed by atoms with van der Waals surface area (Å²) in [5, 5.41) is 10.2. The Kier molecular flexibility index (Phi) is 4.86. The average molecular weight is 505 g/mol. The van der Waals surface area contributed by atoms with E-state index in [4.69, 9.17) is 23.2 Å². The van der Waals surface area contributed by atoms with Gasteiger partial charge >= 0.3 is 0 Å². The van der Waals surface area contributed by atoms with Gasteiger partial charge in [0.1, 0.15) is 5.75 Å². The quantitative estimate of drug-likeness (QED) is 0.360. The molecule has 5 rings (SSSR count). The lowest BCUT2D eigenvalue weighted by Gasteiger charge is -2.50. The van der Waals surface area contributed by atoms with Crippen LogP contribution in [0.5, 0.6) is 5.75 Å². The predicted octanol–water partition coefficient (Wildman–Crippen LogP) is 3.18. The molecule has 6 atom stereocenters. The van der Waals surface area contributed by atoms with E-state index >= 15 is 0 Å². The van der Waals surface area contributed by atoms with Crippen molar-refractivity contribution in [3.63, 3.8) is 0 Å². The molecule has 1 saturated carbocycles. The highest BCUT2D eigenvalue weighted by atomic mass is 35.5. The van der Waals surface area contributed by atoms with Crippen molar-refractivity contribution in [1.82, 2.24) is 9.80 Å². The third-order valence-corrected chi connectivity index (χ3v) is 9.30. The normalized spacial score (nSPS) is 37.5. The molecule has 2 aliphatic carbocycles. The molecule has 7 nitrogen and oxygen atoms in total. The SMILES string of the molecule is CN1C(=O)C2(Cl)CC3C(=CCC4C(=O)N(C(C)(C)C)C(=O)C43)C(c3cccc(O)c3)C2(Cl)C1=O. The van der Waals surface area contributed by atoms with Crippen LogP contribution in [-0.4, -0.2) is 60.9 Å². The van der Waals surface area contributed by atoms with E-state index in [1.54, 1.807) is 12.1 Å². The van der Waals surface area contributed by atoms with Crippen LogP contribution < -0.4 is 0 Å². The number of nitrogens with zero attached hydrogens (tertiary/aromatic N) is 2. The lowest BCUT2D eigenvalue weighted by Crippen LogP contribution is -2.60. The van der Waals surface area contributed by atoms with E-state index in [-0.39, 0.29) is 24.0 Å². The molecule has 0 bridgehead atoms. The number of phenolic OH excluding ortho intramolecular Hbond substituents is 1. The van der Waals surface area contributed by atoms with Gasteiger partial charge in [-0.1, -0.05) is 23.8 Å². The first-order chi connectivity index (χ1) is 15.7. The highest BCUT2D eigenvalue weighted by Gasteiger charge is 2.76. The summed E-state index contributed by atoms with van der Waals surface area (Å²) in [6.07, 6.45) is 2.17. The zero-order chi connectivity index (χ0) is 25.0. The van der Waals surface area contributed by atoms with Crippen LogP contribution in [0.3, 0.4) is 0 Å². The highest BCUT2D eigenvalue weighted by molar-refractivity contribution is 6.53. The highest BCUT2D eigenvalue weighted by Crippen LogP contribution is 2.65. The molecule has 180 valence electrons. The smallest absolute Gasteiger partial charge is 0.253 e. The molecule has 1 aromatic rings. The number of fused-ring (bicyclic) bond motifs is 4. The van der Waals surface area contributed by atoms with Crippen LogP contribution in [0, 0.1) is 17.8 Å². The summed E-state index contributed by atoms with van der Waals surface area (Å²) in [7, 11) is 1.35. The van der Waals surface area contributed by atoms with Crippen molar-refractivity contribution in [2.75, 3.05) is 7.05 Å². The maximum Gasteiger partial charge on any atom is 0.253 e. The first-order valence-electron chi connectivity index (χ1n) is 11.3. The Morgan fingerprint density at radius 2 is 1.71 bits per heavy atom. The van der Waals surface area contributed by atoms with E-state index in [1.165, 1.54) is 24.1 Å². The molecule has 0 aromatic heterocycles. The number of allylic oxidation sites excluding steroid dienone is 2. The van der Waals surface area contributed by atoms with E-state index in [1.807, 2.05) is 26.8 Å². The van der Waals surface area contributed by atoms with E-state index in [9.17, 15) is 24.3 Å². The second-order valence-corrected chi connectivity index (χ2v) is 12.0.